The van der Waals surface area contributed by atoms with E-state index in [4.69, 9.17) is 0 Å². The van der Waals surface area contributed by atoms with E-state index in [9.17, 15) is 4.79 Å². The summed E-state index contributed by atoms with van der Waals surface area (Å²) >= 11 is 1.41. The smallest absolute Gasteiger partial charge is 0.304 e. The quantitative estimate of drug-likeness (QED) is 0.775. The molecule has 1 atom stereocenters. The molecule has 0 aromatic carbocycles. The molecule has 1 aliphatic carbocycles. The lowest BCUT2D eigenvalue weighted by Gasteiger charge is -2.20. The Bertz CT molecular complexity index is 339. The number of fused-ring (bicyclic) bond motifs is 1. The van der Waals surface area contributed by atoms with Crippen molar-refractivity contribution in [1.29, 1.82) is 0 Å². The average molecular weight is 197 g/mol. The molecule has 0 aliphatic heterocycles. The van der Waals surface area contributed by atoms with Gasteiger partial charge < -0.3 is 4.98 Å². The molecule has 1 aliphatic rings. The van der Waals surface area contributed by atoms with Crippen LogP contribution < -0.4 is 4.87 Å². The van der Waals surface area contributed by atoms with E-state index in [1.807, 2.05) is 0 Å². The first-order valence-electron chi connectivity index (χ1n) is 5.00. The number of nitrogens with one attached hydrogen (secondary N) is 1. The van der Waals surface area contributed by atoms with Gasteiger partial charge in [-0.25, -0.2) is 0 Å². The molecule has 0 saturated heterocycles. The molecule has 0 spiro atoms. The lowest BCUT2D eigenvalue weighted by atomic mass is 9.88. The van der Waals surface area contributed by atoms with E-state index in [1.54, 1.807) is 0 Å². The third-order valence-electron chi connectivity index (χ3n) is 2.78. The van der Waals surface area contributed by atoms with Gasteiger partial charge in [0.05, 0.1) is 0 Å². The van der Waals surface area contributed by atoms with Crippen LogP contribution in [0.1, 0.15) is 36.8 Å². The number of aromatic nitrogens is 1. The summed E-state index contributed by atoms with van der Waals surface area (Å²) in [7, 11) is 0. The van der Waals surface area contributed by atoms with Crippen molar-refractivity contribution >= 4 is 11.3 Å². The Balaban J connectivity index is 2.14. The number of aromatic amines is 1. The molecule has 0 fully saturated rings. The highest BCUT2D eigenvalue weighted by molar-refractivity contribution is 7.09. The Morgan fingerprint density at radius 1 is 1.62 bits per heavy atom. The minimum Gasteiger partial charge on any atom is -0.316 e. The highest BCUT2D eigenvalue weighted by Gasteiger charge is 2.20. The summed E-state index contributed by atoms with van der Waals surface area (Å²) in [6.07, 6.45) is 6.05. The van der Waals surface area contributed by atoms with Gasteiger partial charge in [-0.1, -0.05) is 31.1 Å². The van der Waals surface area contributed by atoms with E-state index in [0.717, 1.165) is 18.8 Å². The first kappa shape index (κ1) is 9.00. The second kappa shape index (κ2) is 3.66. The zero-order valence-corrected chi connectivity index (χ0v) is 8.75. The van der Waals surface area contributed by atoms with E-state index in [2.05, 4.69) is 11.9 Å². The van der Waals surface area contributed by atoms with Crippen molar-refractivity contribution in [2.45, 2.75) is 39.0 Å². The van der Waals surface area contributed by atoms with Crippen molar-refractivity contribution in [3.63, 3.8) is 0 Å². The molecular weight excluding hydrogens is 182 g/mol. The third-order valence-corrected chi connectivity index (χ3v) is 3.73. The van der Waals surface area contributed by atoms with Crippen LogP contribution in [0.5, 0.6) is 0 Å². The molecule has 3 heteroatoms. The average Bonchev–Trinajstić information content (AvgIpc) is 2.44. The summed E-state index contributed by atoms with van der Waals surface area (Å²) in [5.74, 6) is 0.823. The van der Waals surface area contributed by atoms with Gasteiger partial charge >= 0.3 is 4.87 Å². The van der Waals surface area contributed by atoms with Crippen LogP contribution in [0, 0.1) is 5.92 Å². The first-order valence-corrected chi connectivity index (χ1v) is 5.82. The summed E-state index contributed by atoms with van der Waals surface area (Å²) in [5.41, 5.74) is 1.21. The van der Waals surface area contributed by atoms with Crippen LogP contribution in [0.3, 0.4) is 0 Å². The predicted molar refractivity (Wildman–Crippen MR) is 55.4 cm³/mol. The number of hydrogen-bond donors (Lipinski definition) is 1. The van der Waals surface area contributed by atoms with Gasteiger partial charge in [-0.2, -0.15) is 0 Å². The van der Waals surface area contributed by atoms with Gasteiger partial charge in [-0.3, -0.25) is 4.79 Å². The molecule has 0 unspecified atom stereocenters. The second-order valence-electron chi connectivity index (χ2n) is 3.81. The predicted octanol–water partition coefficient (Wildman–Crippen LogP) is 2.34. The van der Waals surface area contributed by atoms with Crippen LogP contribution >= 0.6 is 11.3 Å². The molecule has 2 nitrogen and oxygen atoms in total. The van der Waals surface area contributed by atoms with Gasteiger partial charge in [0.1, 0.15) is 0 Å². The molecule has 72 valence electrons. The zero-order chi connectivity index (χ0) is 9.26. The van der Waals surface area contributed by atoms with Gasteiger partial charge in [-0.05, 0) is 25.2 Å². The van der Waals surface area contributed by atoms with Crippen LogP contribution in [0.15, 0.2) is 4.79 Å². The number of rotatable bonds is 2. The van der Waals surface area contributed by atoms with Crippen molar-refractivity contribution in [3.05, 3.63) is 20.2 Å². The fraction of sp³-hybridized carbons (Fsp3) is 0.700. The summed E-state index contributed by atoms with van der Waals surface area (Å²) in [5, 5.41) is 0. The van der Waals surface area contributed by atoms with Crippen molar-refractivity contribution in [2.75, 3.05) is 0 Å². The van der Waals surface area contributed by atoms with Crippen LogP contribution in [-0.2, 0) is 12.8 Å². The molecule has 0 radical (unpaired) electrons. The lowest BCUT2D eigenvalue weighted by molar-refractivity contribution is 0.423. The van der Waals surface area contributed by atoms with Crippen LogP contribution in [0.2, 0.25) is 0 Å². The maximum atomic E-state index is 11.1. The lowest BCUT2D eigenvalue weighted by Crippen LogP contribution is -2.12. The Hall–Kier alpha value is -0.570. The number of thiazole rings is 1. The van der Waals surface area contributed by atoms with E-state index in [-0.39, 0.29) is 4.87 Å². The molecule has 13 heavy (non-hydrogen) atoms. The molecule has 1 N–H and O–H groups in total. The maximum Gasteiger partial charge on any atom is 0.304 e. The zero-order valence-electron chi connectivity index (χ0n) is 7.93. The fourth-order valence-electron chi connectivity index (χ4n) is 2.13. The molecule has 0 bridgehead atoms. The Morgan fingerprint density at radius 2 is 2.46 bits per heavy atom. The van der Waals surface area contributed by atoms with Crippen molar-refractivity contribution in [1.82, 2.24) is 4.98 Å². The largest absolute Gasteiger partial charge is 0.316 e. The van der Waals surface area contributed by atoms with Crippen molar-refractivity contribution in [3.8, 4) is 0 Å². The minimum atomic E-state index is 0.127. The van der Waals surface area contributed by atoms with Crippen molar-refractivity contribution in [2.24, 2.45) is 5.92 Å². The summed E-state index contributed by atoms with van der Waals surface area (Å²) < 4.78 is 0. The Kier molecular flexibility index (Phi) is 2.54. The first-order chi connectivity index (χ1) is 6.29. The van der Waals surface area contributed by atoms with Crippen LogP contribution in [0.4, 0.5) is 0 Å². The standard InChI is InChI=1S/C10H15NOS/c1-2-3-7-4-5-8-9(6-7)13-10(12)11-8/h7H,2-6H2,1H3,(H,11,12)/t7-/m1/s1. The van der Waals surface area contributed by atoms with E-state index < -0.39 is 0 Å². The maximum absolute atomic E-state index is 11.1. The summed E-state index contributed by atoms with van der Waals surface area (Å²) in [4.78, 5) is 15.4. The molecule has 1 aromatic heterocycles. The Labute approximate surface area is 82.0 Å². The van der Waals surface area contributed by atoms with Gasteiger partial charge in [0.25, 0.3) is 0 Å². The van der Waals surface area contributed by atoms with Gasteiger partial charge in [0, 0.05) is 10.6 Å². The second-order valence-corrected chi connectivity index (χ2v) is 4.88. The molecule has 2 rings (SSSR count). The van der Waals surface area contributed by atoms with Gasteiger partial charge in [0.15, 0.2) is 0 Å². The summed E-state index contributed by atoms with van der Waals surface area (Å²) in [6, 6.07) is 0. The monoisotopic (exact) mass is 197 g/mol. The number of hydrogen-bond acceptors (Lipinski definition) is 2. The van der Waals surface area contributed by atoms with E-state index >= 15 is 0 Å². The van der Waals surface area contributed by atoms with Crippen LogP contribution in [-0.4, -0.2) is 4.98 Å². The molecule has 0 amide bonds. The van der Waals surface area contributed by atoms with E-state index in [1.165, 1.54) is 41.2 Å². The molecule has 0 saturated carbocycles. The topological polar surface area (TPSA) is 32.9 Å². The van der Waals surface area contributed by atoms with E-state index in [0.29, 0.717) is 0 Å². The highest BCUT2D eigenvalue weighted by Crippen LogP contribution is 2.28. The minimum absolute atomic E-state index is 0.127. The number of aryl methyl sites for hydroxylation is 1. The highest BCUT2D eigenvalue weighted by atomic mass is 32.1. The molecular formula is C10H15NOS. The SMILES string of the molecule is CCC[C@@H]1CCc2[nH]c(=O)sc2C1. The molecule has 1 heterocycles. The fourth-order valence-corrected chi connectivity index (χ4v) is 3.12. The Morgan fingerprint density at radius 3 is 3.23 bits per heavy atom. The van der Waals surface area contributed by atoms with Crippen LogP contribution in [0.25, 0.3) is 0 Å². The number of H-pyrrole nitrogens is 1. The third kappa shape index (κ3) is 1.85. The van der Waals surface area contributed by atoms with Gasteiger partial charge in [0.2, 0.25) is 0 Å². The van der Waals surface area contributed by atoms with Crippen molar-refractivity contribution < 1.29 is 0 Å². The summed E-state index contributed by atoms with van der Waals surface area (Å²) in [6.45, 7) is 2.23. The molecule has 1 aromatic rings. The van der Waals surface area contributed by atoms with Gasteiger partial charge in [-0.15, -0.1) is 0 Å². The normalized spacial score (nSPS) is 21.5.